The Balaban J connectivity index is 1.84. The van der Waals surface area contributed by atoms with Crippen LogP contribution in [0.15, 0.2) is 54.6 Å². The van der Waals surface area contributed by atoms with Gasteiger partial charge in [-0.1, -0.05) is 62.4 Å². The number of rotatable bonds is 3. The molecule has 4 rings (SSSR count). The quantitative estimate of drug-likeness (QED) is 0.901. The third kappa shape index (κ3) is 1.90. The van der Waals surface area contributed by atoms with Crippen molar-refractivity contribution in [1.82, 2.24) is 4.90 Å². The van der Waals surface area contributed by atoms with Gasteiger partial charge in [-0.05, 0) is 30.2 Å². The molecule has 22 heavy (non-hydrogen) atoms. The van der Waals surface area contributed by atoms with Crippen molar-refractivity contribution in [3.8, 4) is 0 Å². The molecule has 4 unspecified atom stereocenters. The lowest BCUT2D eigenvalue weighted by atomic mass is 9.79. The Kier molecular flexibility index (Phi) is 3.42. The lowest BCUT2D eigenvalue weighted by molar-refractivity contribution is 0.208. The van der Waals surface area contributed by atoms with Crippen molar-refractivity contribution in [3.63, 3.8) is 0 Å². The second-order valence-electron chi connectivity index (χ2n) is 6.44. The highest BCUT2D eigenvalue weighted by molar-refractivity contribution is 5.61. The van der Waals surface area contributed by atoms with Gasteiger partial charge in [-0.15, -0.1) is 0 Å². The van der Waals surface area contributed by atoms with E-state index in [-0.39, 0.29) is 0 Å². The first-order valence-electron chi connectivity index (χ1n) is 8.51. The molecule has 0 bridgehead atoms. The van der Waals surface area contributed by atoms with Gasteiger partial charge in [0, 0.05) is 23.6 Å². The molecular formula is C20H24N2. The smallest absolute Gasteiger partial charge is 0.0873 e. The molecule has 0 aromatic heterocycles. The van der Waals surface area contributed by atoms with Crippen LogP contribution in [0.3, 0.4) is 0 Å². The predicted octanol–water partition coefficient (Wildman–Crippen LogP) is 4.42. The summed E-state index contributed by atoms with van der Waals surface area (Å²) in [5, 5.41) is 3.79. The molecule has 0 spiro atoms. The number of nitrogens with one attached hydrogen (secondary N) is 1. The fourth-order valence-electron chi connectivity index (χ4n) is 4.69. The Morgan fingerprint density at radius 1 is 0.909 bits per heavy atom. The summed E-state index contributed by atoms with van der Waals surface area (Å²) in [6.45, 7) is 5.72. The van der Waals surface area contributed by atoms with E-state index in [0.717, 1.165) is 6.54 Å². The molecule has 0 saturated carbocycles. The van der Waals surface area contributed by atoms with Gasteiger partial charge in [-0.3, -0.25) is 4.90 Å². The van der Waals surface area contributed by atoms with Crippen molar-refractivity contribution in [2.24, 2.45) is 0 Å². The maximum atomic E-state index is 3.79. The average Bonchev–Trinajstić information content (AvgIpc) is 3.08. The molecule has 2 heterocycles. The van der Waals surface area contributed by atoms with E-state index in [1.807, 2.05) is 0 Å². The molecular weight excluding hydrogens is 268 g/mol. The number of likely N-dealkylation sites (N-methyl/N-ethyl adjacent to an activating group) is 1. The number of hydrogen-bond acceptors (Lipinski definition) is 2. The van der Waals surface area contributed by atoms with E-state index in [2.05, 4.69) is 78.7 Å². The fraction of sp³-hybridized carbons (Fsp3) is 0.400. The van der Waals surface area contributed by atoms with Crippen molar-refractivity contribution < 1.29 is 0 Å². The molecule has 114 valence electrons. The monoisotopic (exact) mass is 292 g/mol. The van der Waals surface area contributed by atoms with Crippen LogP contribution < -0.4 is 5.32 Å². The SMILES string of the molecule is CCC1C(c2ccccc2)C2c3ccccc3NC2N1CC. The molecule has 2 aliphatic rings. The minimum absolute atomic E-state index is 0.442. The van der Waals surface area contributed by atoms with Crippen molar-refractivity contribution in [3.05, 3.63) is 65.7 Å². The third-order valence-electron chi connectivity index (χ3n) is 5.52. The van der Waals surface area contributed by atoms with Crippen LogP contribution in [0.1, 0.15) is 43.2 Å². The highest BCUT2D eigenvalue weighted by Crippen LogP contribution is 2.53. The summed E-state index contributed by atoms with van der Waals surface area (Å²) in [4.78, 5) is 2.67. The summed E-state index contributed by atoms with van der Waals surface area (Å²) in [6, 6.07) is 20.6. The number of anilines is 1. The molecule has 0 amide bonds. The molecule has 1 fully saturated rings. The first kappa shape index (κ1) is 13.8. The van der Waals surface area contributed by atoms with Crippen molar-refractivity contribution in [2.75, 3.05) is 11.9 Å². The molecule has 1 saturated heterocycles. The summed E-state index contributed by atoms with van der Waals surface area (Å²) in [5.41, 5.74) is 4.31. The maximum Gasteiger partial charge on any atom is 0.0873 e. The van der Waals surface area contributed by atoms with Gasteiger partial charge in [0.1, 0.15) is 0 Å². The van der Waals surface area contributed by atoms with E-state index in [4.69, 9.17) is 0 Å². The molecule has 2 heteroatoms. The average molecular weight is 292 g/mol. The minimum atomic E-state index is 0.442. The van der Waals surface area contributed by atoms with Crippen LogP contribution in [-0.2, 0) is 0 Å². The Labute approximate surface area is 133 Å². The van der Waals surface area contributed by atoms with Crippen LogP contribution >= 0.6 is 0 Å². The summed E-state index contributed by atoms with van der Waals surface area (Å²) >= 11 is 0. The van der Waals surface area contributed by atoms with Crippen LogP contribution in [-0.4, -0.2) is 23.7 Å². The number of hydrogen-bond donors (Lipinski definition) is 1. The van der Waals surface area contributed by atoms with E-state index in [1.165, 1.54) is 23.2 Å². The highest BCUT2D eigenvalue weighted by atomic mass is 15.3. The predicted molar refractivity (Wildman–Crippen MR) is 92.2 cm³/mol. The number of fused-ring (bicyclic) bond motifs is 3. The normalized spacial score (nSPS) is 29.9. The van der Waals surface area contributed by atoms with Gasteiger partial charge in [-0.2, -0.15) is 0 Å². The Morgan fingerprint density at radius 3 is 2.36 bits per heavy atom. The molecule has 2 aliphatic heterocycles. The molecule has 2 nitrogen and oxygen atoms in total. The number of likely N-dealkylation sites (tertiary alicyclic amines) is 1. The summed E-state index contributed by atoms with van der Waals surface area (Å²) in [5.74, 6) is 1.13. The lowest BCUT2D eigenvalue weighted by Crippen LogP contribution is -2.40. The molecule has 0 radical (unpaired) electrons. The van der Waals surface area contributed by atoms with Crippen molar-refractivity contribution in [2.45, 2.75) is 44.3 Å². The van der Waals surface area contributed by atoms with E-state index >= 15 is 0 Å². The first-order valence-corrected chi connectivity index (χ1v) is 8.51. The van der Waals surface area contributed by atoms with Crippen LogP contribution in [0, 0.1) is 0 Å². The Morgan fingerprint density at radius 2 is 1.64 bits per heavy atom. The Bertz CT molecular complexity index is 650. The highest BCUT2D eigenvalue weighted by Gasteiger charge is 2.51. The van der Waals surface area contributed by atoms with Gasteiger partial charge in [0.15, 0.2) is 0 Å². The van der Waals surface area contributed by atoms with Gasteiger partial charge >= 0.3 is 0 Å². The molecule has 2 aromatic rings. The topological polar surface area (TPSA) is 15.3 Å². The number of benzene rings is 2. The van der Waals surface area contributed by atoms with E-state index in [1.54, 1.807) is 0 Å². The van der Waals surface area contributed by atoms with Crippen molar-refractivity contribution in [1.29, 1.82) is 0 Å². The van der Waals surface area contributed by atoms with Crippen LogP contribution in [0.5, 0.6) is 0 Å². The first-order chi connectivity index (χ1) is 10.8. The second-order valence-corrected chi connectivity index (χ2v) is 6.44. The zero-order valence-electron chi connectivity index (χ0n) is 13.4. The van der Waals surface area contributed by atoms with E-state index < -0.39 is 0 Å². The lowest BCUT2D eigenvalue weighted by Gasteiger charge is -2.30. The van der Waals surface area contributed by atoms with Crippen LogP contribution in [0.2, 0.25) is 0 Å². The number of nitrogens with zero attached hydrogens (tertiary/aromatic N) is 1. The van der Waals surface area contributed by atoms with Gasteiger partial charge in [0.05, 0.1) is 6.17 Å². The van der Waals surface area contributed by atoms with Crippen LogP contribution in [0.25, 0.3) is 0 Å². The Hall–Kier alpha value is -1.80. The number of para-hydroxylation sites is 1. The van der Waals surface area contributed by atoms with E-state index in [9.17, 15) is 0 Å². The largest absolute Gasteiger partial charge is 0.369 e. The van der Waals surface area contributed by atoms with Gasteiger partial charge in [0.25, 0.3) is 0 Å². The minimum Gasteiger partial charge on any atom is -0.369 e. The summed E-state index contributed by atoms with van der Waals surface area (Å²) in [7, 11) is 0. The molecule has 0 aliphatic carbocycles. The third-order valence-corrected chi connectivity index (χ3v) is 5.52. The van der Waals surface area contributed by atoms with Gasteiger partial charge < -0.3 is 5.32 Å². The molecule has 1 N–H and O–H groups in total. The fourth-order valence-corrected chi connectivity index (χ4v) is 4.69. The van der Waals surface area contributed by atoms with E-state index in [0.29, 0.717) is 24.0 Å². The zero-order valence-corrected chi connectivity index (χ0v) is 13.4. The zero-order chi connectivity index (χ0) is 15.1. The summed E-state index contributed by atoms with van der Waals surface area (Å²) in [6.07, 6.45) is 1.64. The van der Waals surface area contributed by atoms with Gasteiger partial charge in [0.2, 0.25) is 0 Å². The van der Waals surface area contributed by atoms with Gasteiger partial charge in [-0.25, -0.2) is 0 Å². The molecule has 2 aromatic carbocycles. The maximum absolute atomic E-state index is 3.79. The summed E-state index contributed by atoms with van der Waals surface area (Å²) < 4.78 is 0. The van der Waals surface area contributed by atoms with Crippen LogP contribution in [0.4, 0.5) is 5.69 Å². The molecule has 4 atom stereocenters. The van der Waals surface area contributed by atoms with Crippen molar-refractivity contribution >= 4 is 5.69 Å². The standard InChI is InChI=1S/C20H24N2/c1-3-17-18(14-10-6-5-7-11-14)19-15-12-8-9-13-16(15)21-20(19)22(17)4-2/h5-13,17-21H,3-4H2,1-2H3. The second kappa shape index (κ2) is 5.44.